The van der Waals surface area contributed by atoms with Gasteiger partial charge in [-0.05, 0) is 51.6 Å². The van der Waals surface area contributed by atoms with E-state index in [1.54, 1.807) is 0 Å². The van der Waals surface area contributed by atoms with Crippen molar-refractivity contribution in [1.82, 2.24) is 9.80 Å². The van der Waals surface area contributed by atoms with E-state index in [1.807, 2.05) is 0 Å². The average molecular weight is 281 g/mol. The SMILES string of the molecule is CCCC1CCC(N)C(N2CCCN(C)CC2CC)C1. The summed E-state index contributed by atoms with van der Waals surface area (Å²) in [4.78, 5) is 5.29. The first-order valence-electron chi connectivity index (χ1n) is 8.85. The molecule has 2 aliphatic rings. The standard InChI is InChI=1S/C17H35N3/c1-4-7-14-8-9-16(18)17(12-14)20-11-6-10-19(3)13-15(20)5-2/h14-17H,4-13,18H2,1-3H3. The van der Waals surface area contributed by atoms with Gasteiger partial charge in [0.15, 0.2) is 0 Å². The first-order chi connectivity index (χ1) is 9.65. The van der Waals surface area contributed by atoms with Crippen molar-refractivity contribution in [2.24, 2.45) is 11.7 Å². The normalized spacial score (nSPS) is 37.8. The quantitative estimate of drug-likeness (QED) is 0.860. The molecule has 1 heterocycles. The molecular weight excluding hydrogens is 246 g/mol. The van der Waals surface area contributed by atoms with Crippen LogP contribution in [0.2, 0.25) is 0 Å². The highest BCUT2D eigenvalue weighted by Gasteiger charge is 2.35. The van der Waals surface area contributed by atoms with Crippen molar-refractivity contribution < 1.29 is 0 Å². The van der Waals surface area contributed by atoms with E-state index < -0.39 is 0 Å². The Morgan fingerprint density at radius 1 is 1.15 bits per heavy atom. The second-order valence-corrected chi connectivity index (χ2v) is 7.11. The molecule has 20 heavy (non-hydrogen) atoms. The summed E-state index contributed by atoms with van der Waals surface area (Å²) in [5.74, 6) is 0.920. The molecule has 3 heteroatoms. The zero-order valence-corrected chi connectivity index (χ0v) is 13.9. The van der Waals surface area contributed by atoms with Gasteiger partial charge in [0.05, 0.1) is 0 Å². The van der Waals surface area contributed by atoms with Gasteiger partial charge >= 0.3 is 0 Å². The van der Waals surface area contributed by atoms with E-state index in [-0.39, 0.29) is 0 Å². The smallest absolute Gasteiger partial charge is 0.0253 e. The fourth-order valence-corrected chi connectivity index (χ4v) is 4.37. The average Bonchev–Trinajstić information content (AvgIpc) is 2.62. The second-order valence-electron chi connectivity index (χ2n) is 7.11. The molecule has 0 spiro atoms. The van der Waals surface area contributed by atoms with Gasteiger partial charge in [-0.3, -0.25) is 4.90 Å². The molecule has 2 fully saturated rings. The third kappa shape index (κ3) is 3.96. The van der Waals surface area contributed by atoms with Gasteiger partial charge in [-0.15, -0.1) is 0 Å². The lowest BCUT2D eigenvalue weighted by atomic mass is 9.79. The zero-order chi connectivity index (χ0) is 14.5. The van der Waals surface area contributed by atoms with Gasteiger partial charge in [-0.25, -0.2) is 0 Å². The van der Waals surface area contributed by atoms with Gasteiger partial charge < -0.3 is 10.6 Å². The lowest BCUT2D eigenvalue weighted by Crippen LogP contribution is -2.55. The fourth-order valence-electron chi connectivity index (χ4n) is 4.37. The summed E-state index contributed by atoms with van der Waals surface area (Å²) in [6.07, 6.45) is 9.21. The molecule has 0 bridgehead atoms. The molecule has 1 saturated heterocycles. The van der Waals surface area contributed by atoms with Crippen molar-refractivity contribution in [3.05, 3.63) is 0 Å². The van der Waals surface area contributed by atoms with Gasteiger partial charge in [0.25, 0.3) is 0 Å². The summed E-state index contributed by atoms with van der Waals surface area (Å²) in [6, 6.07) is 1.75. The Kier molecular flexibility index (Phi) is 6.31. The van der Waals surface area contributed by atoms with Crippen LogP contribution in [0.5, 0.6) is 0 Å². The summed E-state index contributed by atoms with van der Waals surface area (Å²) in [5, 5.41) is 0. The van der Waals surface area contributed by atoms with Crippen molar-refractivity contribution in [3.8, 4) is 0 Å². The number of nitrogens with zero attached hydrogens (tertiary/aromatic N) is 2. The number of rotatable bonds is 4. The fraction of sp³-hybridized carbons (Fsp3) is 1.00. The van der Waals surface area contributed by atoms with Gasteiger partial charge in [0, 0.05) is 31.2 Å². The van der Waals surface area contributed by atoms with Crippen LogP contribution in [-0.2, 0) is 0 Å². The molecule has 1 aliphatic heterocycles. The van der Waals surface area contributed by atoms with E-state index in [4.69, 9.17) is 5.73 Å². The summed E-state index contributed by atoms with van der Waals surface area (Å²) in [7, 11) is 2.27. The van der Waals surface area contributed by atoms with E-state index >= 15 is 0 Å². The van der Waals surface area contributed by atoms with E-state index in [1.165, 1.54) is 64.6 Å². The molecule has 4 atom stereocenters. The van der Waals surface area contributed by atoms with Crippen LogP contribution in [0.4, 0.5) is 0 Å². The number of nitrogens with two attached hydrogens (primary N) is 1. The van der Waals surface area contributed by atoms with Gasteiger partial charge in [-0.1, -0.05) is 26.7 Å². The molecule has 3 nitrogen and oxygen atoms in total. The first kappa shape index (κ1) is 16.3. The van der Waals surface area contributed by atoms with Gasteiger partial charge in [-0.2, -0.15) is 0 Å². The highest BCUT2D eigenvalue weighted by atomic mass is 15.3. The molecule has 1 saturated carbocycles. The van der Waals surface area contributed by atoms with Crippen LogP contribution >= 0.6 is 0 Å². The van der Waals surface area contributed by atoms with Gasteiger partial charge in [0.1, 0.15) is 0 Å². The Balaban J connectivity index is 2.05. The minimum Gasteiger partial charge on any atom is -0.326 e. The maximum absolute atomic E-state index is 6.52. The lowest BCUT2D eigenvalue weighted by Gasteiger charge is -2.44. The van der Waals surface area contributed by atoms with Crippen LogP contribution < -0.4 is 5.73 Å². The molecule has 1 aliphatic carbocycles. The molecular formula is C17H35N3. The van der Waals surface area contributed by atoms with Crippen LogP contribution in [-0.4, -0.2) is 54.6 Å². The topological polar surface area (TPSA) is 32.5 Å². The maximum Gasteiger partial charge on any atom is 0.0253 e. The van der Waals surface area contributed by atoms with E-state index in [2.05, 4.69) is 30.7 Å². The Bertz CT molecular complexity index is 281. The Morgan fingerprint density at radius 2 is 1.95 bits per heavy atom. The molecule has 118 valence electrons. The van der Waals surface area contributed by atoms with E-state index in [9.17, 15) is 0 Å². The van der Waals surface area contributed by atoms with E-state index in [0.717, 1.165) is 5.92 Å². The Labute approximate surface area is 125 Å². The molecule has 0 aromatic carbocycles. The maximum atomic E-state index is 6.52. The highest BCUT2D eigenvalue weighted by Crippen LogP contribution is 2.32. The van der Waals surface area contributed by atoms with Crippen LogP contribution in [0.25, 0.3) is 0 Å². The van der Waals surface area contributed by atoms with Crippen molar-refractivity contribution in [2.45, 2.75) is 76.9 Å². The number of hydrogen-bond acceptors (Lipinski definition) is 3. The summed E-state index contributed by atoms with van der Waals surface area (Å²) in [6.45, 7) is 8.37. The molecule has 2 rings (SSSR count). The highest BCUT2D eigenvalue weighted by molar-refractivity contribution is 4.93. The molecule has 2 N–H and O–H groups in total. The predicted molar refractivity (Wildman–Crippen MR) is 86.9 cm³/mol. The summed E-state index contributed by atoms with van der Waals surface area (Å²) in [5.41, 5.74) is 6.52. The number of hydrogen-bond donors (Lipinski definition) is 1. The van der Waals surface area contributed by atoms with Crippen molar-refractivity contribution >= 4 is 0 Å². The molecule has 4 unspecified atom stereocenters. The van der Waals surface area contributed by atoms with Crippen molar-refractivity contribution in [2.75, 3.05) is 26.7 Å². The minimum atomic E-state index is 0.403. The van der Waals surface area contributed by atoms with Crippen molar-refractivity contribution in [1.29, 1.82) is 0 Å². The largest absolute Gasteiger partial charge is 0.326 e. The third-order valence-corrected chi connectivity index (χ3v) is 5.52. The van der Waals surface area contributed by atoms with Crippen LogP contribution in [0, 0.1) is 5.92 Å². The molecule has 0 aromatic heterocycles. The Hall–Kier alpha value is -0.120. The van der Waals surface area contributed by atoms with Crippen LogP contribution in [0.3, 0.4) is 0 Å². The summed E-state index contributed by atoms with van der Waals surface area (Å²) >= 11 is 0. The third-order valence-electron chi connectivity index (χ3n) is 5.52. The molecule has 0 amide bonds. The first-order valence-corrected chi connectivity index (χ1v) is 8.85. The molecule has 0 aromatic rings. The van der Waals surface area contributed by atoms with Crippen LogP contribution in [0.15, 0.2) is 0 Å². The number of likely N-dealkylation sites (N-methyl/N-ethyl adjacent to an activating group) is 1. The zero-order valence-electron chi connectivity index (χ0n) is 13.9. The van der Waals surface area contributed by atoms with Crippen molar-refractivity contribution in [3.63, 3.8) is 0 Å². The predicted octanol–water partition coefficient (Wildman–Crippen LogP) is 2.70. The Morgan fingerprint density at radius 3 is 2.65 bits per heavy atom. The van der Waals surface area contributed by atoms with E-state index in [0.29, 0.717) is 18.1 Å². The lowest BCUT2D eigenvalue weighted by molar-refractivity contribution is 0.0679. The molecule has 0 radical (unpaired) electrons. The second kappa shape index (κ2) is 7.77. The monoisotopic (exact) mass is 281 g/mol. The minimum absolute atomic E-state index is 0.403. The van der Waals surface area contributed by atoms with Gasteiger partial charge in [0.2, 0.25) is 0 Å². The van der Waals surface area contributed by atoms with Crippen LogP contribution in [0.1, 0.15) is 58.8 Å². The summed E-state index contributed by atoms with van der Waals surface area (Å²) < 4.78 is 0.